The van der Waals surface area contributed by atoms with Crippen LogP contribution in [-0.2, 0) is 4.74 Å². The summed E-state index contributed by atoms with van der Waals surface area (Å²) in [4.78, 5) is 15.2. The SMILES string of the molecule is C=Cc1cccc(C2=CC3CCC(C2)N3C(=O)OCC2c3ccccc3-c3ccccc32)c1. The summed E-state index contributed by atoms with van der Waals surface area (Å²) in [6.45, 7) is 4.26. The molecule has 2 aliphatic heterocycles. The minimum Gasteiger partial charge on any atom is -0.448 e. The number of nitrogens with zero attached hydrogens (tertiary/aromatic N) is 1. The average Bonchev–Trinajstić information content (AvgIpc) is 3.33. The highest BCUT2D eigenvalue weighted by Gasteiger charge is 2.41. The van der Waals surface area contributed by atoms with Crippen LogP contribution in [0.5, 0.6) is 0 Å². The molecule has 2 atom stereocenters. The van der Waals surface area contributed by atoms with Gasteiger partial charge in [0.25, 0.3) is 0 Å². The van der Waals surface area contributed by atoms with Crippen molar-refractivity contribution in [3.63, 3.8) is 0 Å². The highest BCUT2D eigenvalue weighted by Crippen LogP contribution is 2.45. The third kappa shape index (κ3) is 3.39. The van der Waals surface area contributed by atoms with E-state index in [4.69, 9.17) is 4.74 Å². The number of carbonyl (C=O) groups excluding carboxylic acids is 1. The van der Waals surface area contributed by atoms with E-state index < -0.39 is 0 Å². The first-order chi connectivity index (χ1) is 16.2. The zero-order chi connectivity index (χ0) is 22.4. The maximum Gasteiger partial charge on any atom is 0.410 e. The molecule has 0 spiro atoms. The molecule has 0 aromatic heterocycles. The molecule has 0 saturated carbocycles. The Balaban J connectivity index is 1.20. The fourth-order valence-electron chi connectivity index (χ4n) is 5.86. The fourth-order valence-corrected chi connectivity index (χ4v) is 5.86. The molecule has 3 aromatic carbocycles. The second kappa shape index (κ2) is 8.08. The van der Waals surface area contributed by atoms with Gasteiger partial charge in [-0.1, -0.05) is 85.5 Å². The number of ether oxygens (including phenoxy) is 1. The number of hydrogen-bond donors (Lipinski definition) is 0. The molecule has 6 rings (SSSR count). The summed E-state index contributed by atoms with van der Waals surface area (Å²) in [7, 11) is 0. The second-order valence-corrected chi connectivity index (χ2v) is 9.24. The molecule has 3 heteroatoms. The first kappa shape index (κ1) is 20.0. The second-order valence-electron chi connectivity index (χ2n) is 9.24. The first-order valence-corrected chi connectivity index (χ1v) is 11.8. The van der Waals surface area contributed by atoms with Crippen LogP contribution in [0, 0.1) is 0 Å². The van der Waals surface area contributed by atoms with Crippen molar-refractivity contribution in [1.82, 2.24) is 4.90 Å². The Kier molecular flexibility index (Phi) is 4.91. The lowest BCUT2D eigenvalue weighted by atomic mass is 9.94. The van der Waals surface area contributed by atoms with Crippen LogP contribution in [0.4, 0.5) is 4.79 Å². The monoisotopic (exact) mass is 433 g/mol. The van der Waals surface area contributed by atoms with E-state index in [0.29, 0.717) is 6.61 Å². The smallest absolute Gasteiger partial charge is 0.410 e. The first-order valence-electron chi connectivity index (χ1n) is 11.8. The van der Waals surface area contributed by atoms with Gasteiger partial charge in [-0.3, -0.25) is 4.90 Å². The molecular formula is C30H27NO2. The predicted molar refractivity (Wildman–Crippen MR) is 133 cm³/mol. The Bertz CT molecular complexity index is 1230. The summed E-state index contributed by atoms with van der Waals surface area (Å²) in [6, 6.07) is 25.7. The maximum atomic E-state index is 13.2. The summed E-state index contributed by atoms with van der Waals surface area (Å²) < 4.78 is 5.98. The van der Waals surface area contributed by atoms with Crippen molar-refractivity contribution in [3.8, 4) is 11.1 Å². The van der Waals surface area contributed by atoms with Gasteiger partial charge in [0.05, 0.1) is 6.04 Å². The van der Waals surface area contributed by atoms with E-state index in [1.54, 1.807) is 0 Å². The van der Waals surface area contributed by atoms with Crippen molar-refractivity contribution >= 4 is 17.7 Å². The molecule has 0 N–H and O–H groups in total. The van der Waals surface area contributed by atoms with E-state index in [9.17, 15) is 4.79 Å². The molecule has 0 radical (unpaired) electrons. The van der Waals surface area contributed by atoms with Gasteiger partial charge in [0.2, 0.25) is 0 Å². The minimum absolute atomic E-state index is 0.0940. The number of rotatable bonds is 4. The van der Waals surface area contributed by atoms with Gasteiger partial charge in [-0.25, -0.2) is 4.79 Å². The highest BCUT2D eigenvalue weighted by molar-refractivity contribution is 5.79. The van der Waals surface area contributed by atoms with Gasteiger partial charge < -0.3 is 4.74 Å². The molecule has 1 aliphatic carbocycles. The van der Waals surface area contributed by atoms with Gasteiger partial charge in [-0.05, 0) is 64.3 Å². The number of hydrogen-bond acceptors (Lipinski definition) is 2. The van der Waals surface area contributed by atoms with Crippen LogP contribution < -0.4 is 0 Å². The lowest BCUT2D eigenvalue weighted by Gasteiger charge is -2.33. The Hall–Kier alpha value is -3.59. The van der Waals surface area contributed by atoms with E-state index in [1.165, 1.54) is 33.4 Å². The van der Waals surface area contributed by atoms with E-state index in [2.05, 4.69) is 85.5 Å². The summed E-state index contributed by atoms with van der Waals surface area (Å²) >= 11 is 0. The minimum atomic E-state index is -0.181. The summed E-state index contributed by atoms with van der Waals surface area (Å²) in [5.74, 6) is 0.0940. The zero-order valence-corrected chi connectivity index (χ0v) is 18.6. The van der Waals surface area contributed by atoms with Crippen molar-refractivity contribution in [3.05, 3.63) is 108 Å². The normalized spacial score (nSPS) is 20.7. The van der Waals surface area contributed by atoms with Crippen molar-refractivity contribution < 1.29 is 9.53 Å². The van der Waals surface area contributed by atoms with E-state index in [0.717, 1.165) is 24.8 Å². The standard InChI is InChI=1S/C30H27NO2/c1-2-20-8-7-9-21(16-20)22-17-23-14-15-24(18-22)31(23)30(32)33-19-29-27-12-5-3-10-25(27)26-11-4-6-13-28(26)29/h2-13,16-17,23-24,29H,1,14-15,18-19H2. The largest absolute Gasteiger partial charge is 0.448 e. The van der Waals surface area contributed by atoms with Crippen LogP contribution in [0.15, 0.2) is 85.5 Å². The van der Waals surface area contributed by atoms with Gasteiger partial charge in [0.1, 0.15) is 6.61 Å². The molecule has 2 unspecified atom stereocenters. The Labute approximate surface area is 195 Å². The van der Waals surface area contributed by atoms with Crippen LogP contribution in [0.25, 0.3) is 22.8 Å². The van der Waals surface area contributed by atoms with Crippen LogP contribution in [0.3, 0.4) is 0 Å². The molecule has 1 fully saturated rings. The zero-order valence-electron chi connectivity index (χ0n) is 18.6. The third-order valence-electron chi connectivity index (χ3n) is 7.44. The molecule has 1 amide bonds. The summed E-state index contributed by atoms with van der Waals surface area (Å²) in [5, 5.41) is 0. The van der Waals surface area contributed by atoms with Gasteiger partial charge in [0, 0.05) is 12.0 Å². The predicted octanol–water partition coefficient (Wildman–Crippen LogP) is 6.90. The summed E-state index contributed by atoms with van der Waals surface area (Å²) in [6.07, 6.45) is 6.87. The van der Waals surface area contributed by atoms with Crippen molar-refractivity contribution in [2.75, 3.05) is 6.61 Å². The molecule has 3 aliphatic rings. The molecule has 33 heavy (non-hydrogen) atoms. The van der Waals surface area contributed by atoms with Crippen LogP contribution in [0.2, 0.25) is 0 Å². The van der Waals surface area contributed by atoms with Gasteiger partial charge in [-0.2, -0.15) is 0 Å². The van der Waals surface area contributed by atoms with Gasteiger partial charge >= 0.3 is 6.09 Å². The van der Waals surface area contributed by atoms with E-state index in [-0.39, 0.29) is 24.1 Å². The molecule has 164 valence electrons. The number of fused-ring (bicyclic) bond motifs is 5. The van der Waals surface area contributed by atoms with Crippen molar-refractivity contribution in [2.24, 2.45) is 0 Å². The maximum absolute atomic E-state index is 13.2. The third-order valence-corrected chi connectivity index (χ3v) is 7.44. The van der Waals surface area contributed by atoms with Crippen molar-refractivity contribution in [1.29, 1.82) is 0 Å². The molecular weight excluding hydrogens is 406 g/mol. The lowest BCUT2D eigenvalue weighted by molar-refractivity contribution is 0.0866. The molecule has 2 heterocycles. The molecule has 3 aromatic rings. The van der Waals surface area contributed by atoms with Crippen LogP contribution in [0.1, 0.15) is 47.4 Å². The van der Waals surface area contributed by atoms with E-state index >= 15 is 0 Å². The number of carbonyl (C=O) groups is 1. The quantitative estimate of drug-likeness (QED) is 0.448. The Morgan fingerprint density at radius 2 is 1.70 bits per heavy atom. The van der Waals surface area contributed by atoms with Crippen molar-refractivity contribution in [2.45, 2.75) is 37.3 Å². The Morgan fingerprint density at radius 1 is 0.970 bits per heavy atom. The van der Waals surface area contributed by atoms with Gasteiger partial charge in [-0.15, -0.1) is 0 Å². The van der Waals surface area contributed by atoms with Crippen LogP contribution >= 0.6 is 0 Å². The van der Waals surface area contributed by atoms with E-state index in [1.807, 2.05) is 11.0 Å². The molecule has 2 bridgehead atoms. The number of benzene rings is 3. The van der Waals surface area contributed by atoms with Crippen LogP contribution in [-0.4, -0.2) is 29.7 Å². The molecule has 1 saturated heterocycles. The lowest BCUT2D eigenvalue weighted by Crippen LogP contribution is -2.43. The number of amides is 1. The Morgan fingerprint density at radius 3 is 2.39 bits per heavy atom. The highest BCUT2D eigenvalue weighted by atomic mass is 16.6. The summed E-state index contributed by atoms with van der Waals surface area (Å²) in [5.41, 5.74) is 8.68. The van der Waals surface area contributed by atoms with Gasteiger partial charge in [0.15, 0.2) is 0 Å². The molecule has 3 nitrogen and oxygen atoms in total. The topological polar surface area (TPSA) is 29.5 Å². The average molecular weight is 434 g/mol. The fraction of sp³-hybridized carbons (Fsp3) is 0.233.